The molecule has 0 unspecified atom stereocenters. The van der Waals surface area contributed by atoms with E-state index in [-0.39, 0.29) is 30.2 Å². The summed E-state index contributed by atoms with van der Waals surface area (Å²) < 4.78 is 1.79. The maximum Gasteiger partial charge on any atom is 0.240 e. The van der Waals surface area contributed by atoms with Crippen molar-refractivity contribution in [2.24, 2.45) is 5.92 Å². The van der Waals surface area contributed by atoms with Gasteiger partial charge in [0.15, 0.2) is 5.78 Å². The van der Waals surface area contributed by atoms with E-state index in [1.165, 1.54) is 0 Å². The highest BCUT2D eigenvalue weighted by Crippen LogP contribution is 2.32. The molecule has 104 valence electrons. The SMILES string of the molecule is CCC(CC)NC(=O)Cn1ccc(C(=O)C2CC2)c1. The number of nitrogens with zero attached hydrogens (tertiary/aromatic N) is 1. The van der Waals surface area contributed by atoms with E-state index in [1.807, 2.05) is 12.3 Å². The maximum absolute atomic E-state index is 11.9. The van der Waals surface area contributed by atoms with Crippen molar-refractivity contribution in [3.63, 3.8) is 0 Å². The second-order valence-electron chi connectivity index (χ2n) is 5.29. The molecule has 1 saturated carbocycles. The number of carbonyl (C=O) groups is 2. The predicted octanol–water partition coefficient (Wildman–Crippen LogP) is 2.39. The molecule has 1 heterocycles. The van der Waals surface area contributed by atoms with Gasteiger partial charge in [-0.1, -0.05) is 13.8 Å². The third kappa shape index (κ3) is 3.69. The van der Waals surface area contributed by atoms with E-state index >= 15 is 0 Å². The lowest BCUT2D eigenvalue weighted by Gasteiger charge is -2.14. The quantitative estimate of drug-likeness (QED) is 0.767. The summed E-state index contributed by atoms with van der Waals surface area (Å²) in [5, 5.41) is 2.99. The lowest BCUT2D eigenvalue weighted by Crippen LogP contribution is -2.35. The fraction of sp³-hybridized carbons (Fsp3) is 0.600. The lowest BCUT2D eigenvalue weighted by molar-refractivity contribution is -0.122. The normalized spacial score (nSPS) is 14.7. The molecule has 19 heavy (non-hydrogen) atoms. The van der Waals surface area contributed by atoms with Crippen LogP contribution in [-0.4, -0.2) is 22.3 Å². The fourth-order valence-electron chi connectivity index (χ4n) is 2.20. The van der Waals surface area contributed by atoms with Gasteiger partial charge in [0.2, 0.25) is 5.91 Å². The van der Waals surface area contributed by atoms with E-state index in [0.717, 1.165) is 31.2 Å². The monoisotopic (exact) mass is 262 g/mol. The summed E-state index contributed by atoms with van der Waals surface area (Å²) in [5.41, 5.74) is 0.734. The minimum atomic E-state index is 0.00900. The van der Waals surface area contributed by atoms with Gasteiger partial charge in [-0.05, 0) is 31.7 Å². The highest BCUT2D eigenvalue weighted by Gasteiger charge is 2.30. The van der Waals surface area contributed by atoms with Gasteiger partial charge in [0.1, 0.15) is 6.54 Å². The summed E-state index contributed by atoms with van der Waals surface area (Å²) >= 11 is 0. The van der Waals surface area contributed by atoms with Gasteiger partial charge in [-0.2, -0.15) is 0 Å². The third-order valence-electron chi connectivity index (χ3n) is 3.66. The van der Waals surface area contributed by atoms with E-state index in [0.29, 0.717) is 0 Å². The average molecular weight is 262 g/mol. The van der Waals surface area contributed by atoms with Crippen LogP contribution in [0.3, 0.4) is 0 Å². The Labute approximate surface area is 114 Å². The highest BCUT2D eigenvalue weighted by atomic mass is 16.2. The Hall–Kier alpha value is -1.58. The van der Waals surface area contributed by atoms with Gasteiger partial charge in [0, 0.05) is 29.9 Å². The molecule has 0 radical (unpaired) electrons. The molecule has 1 aromatic rings. The molecule has 1 aliphatic carbocycles. The van der Waals surface area contributed by atoms with Crippen LogP contribution in [0.5, 0.6) is 0 Å². The van der Waals surface area contributed by atoms with Crippen LogP contribution in [0.1, 0.15) is 49.9 Å². The van der Waals surface area contributed by atoms with E-state index < -0.39 is 0 Å². The molecular formula is C15H22N2O2. The Morgan fingerprint density at radius 2 is 2.05 bits per heavy atom. The second kappa shape index (κ2) is 6.04. The van der Waals surface area contributed by atoms with Gasteiger partial charge in [-0.25, -0.2) is 0 Å². The van der Waals surface area contributed by atoms with Crippen molar-refractivity contribution < 1.29 is 9.59 Å². The standard InChI is InChI=1S/C15H22N2O2/c1-3-13(4-2)16-14(18)10-17-8-7-12(9-17)15(19)11-5-6-11/h7-9,11,13H,3-6,10H2,1-2H3,(H,16,18). The number of aromatic nitrogens is 1. The highest BCUT2D eigenvalue weighted by molar-refractivity contribution is 5.99. The summed E-state index contributed by atoms with van der Waals surface area (Å²) in [6.07, 6.45) is 7.51. The molecule has 0 bridgehead atoms. The first-order chi connectivity index (χ1) is 9.13. The summed E-state index contributed by atoms with van der Waals surface area (Å²) in [5.74, 6) is 0.461. The summed E-state index contributed by atoms with van der Waals surface area (Å²) in [4.78, 5) is 23.7. The van der Waals surface area contributed by atoms with Crippen LogP contribution < -0.4 is 5.32 Å². The second-order valence-corrected chi connectivity index (χ2v) is 5.29. The van der Waals surface area contributed by atoms with Crippen LogP contribution in [0.15, 0.2) is 18.5 Å². The number of rotatable bonds is 7. The topological polar surface area (TPSA) is 51.1 Å². The van der Waals surface area contributed by atoms with Crippen molar-refractivity contribution in [2.45, 2.75) is 52.1 Å². The van der Waals surface area contributed by atoms with Gasteiger partial charge in [0.25, 0.3) is 0 Å². The first-order valence-electron chi connectivity index (χ1n) is 7.13. The van der Waals surface area contributed by atoms with Crippen molar-refractivity contribution in [1.82, 2.24) is 9.88 Å². The molecule has 1 aliphatic rings. The molecule has 4 nitrogen and oxygen atoms in total. The molecule has 0 spiro atoms. The van der Waals surface area contributed by atoms with E-state index in [4.69, 9.17) is 0 Å². The molecule has 0 aliphatic heterocycles. The predicted molar refractivity (Wildman–Crippen MR) is 74.0 cm³/mol. The molecule has 0 saturated heterocycles. The summed E-state index contributed by atoms with van der Waals surface area (Å²) in [7, 11) is 0. The minimum absolute atomic E-state index is 0.00900. The van der Waals surface area contributed by atoms with Gasteiger partial charge < -0.3 is 9.88 Å². The largest absolute Gasteiger partial charge is 0.352 e. The van der Waals surface area contributed by atoms with Gasteiger partial charge in [-0.15, -0.1) is 0 Å². The minimum Gasteiger partial charge on any atom is -0.352 e. The van der Waals surface area contributed by atoms with Crippen LogP contribution in [-0.2, 0) is 11.3 Å². The van der Waals surface area contributed by atoms with Crippen LogP contribution in [0, 0.1) is 5.92 Å². The van der Waals surface area contributed by atoms with Gasteiger partial charge >= 0.3 is 0 Å². The zero-order valence-electron chi connectivity index (χ0n) is 11.7. The Balaban J connectivity index is 1.88. The van der Waals surface area contributed by atoms with E-state index in [1.54, 1.807) is 10.8 Å². The van der Waals surface area contributed by atoms with Crippen LogP contribution >= 0.6 is 0 Å². The first-order valence-corrected chi connectivity index (χ1v) is 7.13. The zero-order valence-corrected chi connectivity index (χ0v) is 11.7. The Kier molecular flexibility index (Phi) is 4.40. The molecule has 2 rings (SSSR count). The fourth-order valence-corrected chi connectivity index (χ4v) is 2.20. The number of nitrogens with one attached hydrogen (secondary N) is 1. The Morgan fingerprint density at radius 1 is 1.37 bits per heavy atom. The molecular weight excluding hydrogens is 240 g/mol. The van der Waals surface area contributed by atoms with E-state index in [2.05, 4.69) is 19.2 Å². The van der Waals surface area contributed by atoms with Crippen molar-refractivity contribution >= 4 is 11.7 Å². The first kappa shape index (κ1) is 13.8. The third-order valence-corrected chi connectivity index (χ3v) is 3.66. The number of hydrogen-bond acceptors (Lipinski definition) is 2. The number of amides is 1. The van der Waals surface area contributed by atoms with Crippen molar-refractivity contribution in [2.75, 3.05) is 0 Å². The van der Waals surface area contributed by atoms with Gasteiger partial charge in [-0.3, -0.25) is 9.59 Å². The molecule has 1 N–H and O–H groups in total. The molecule has 1 aromatic heterocycles. The Morgan fingerprint density at radius 3 is 2.63 bits per heavy atom. The average Bonchev–Trinajstić information content (AvgIpc) is 3.15. The molecule has 1 amide bonds. The molecule has 0 aromatic carbocycles. The maximum atomic E-state index is 11.9. The molecule has 1 fully saturated rings. The number of Topliss-reactive ketones (excluding diaryl/α,β-unsaturated/α-hetero) is 1. The summed E-state index contributed by atoms with van der Waals surface area (Å²) in [6.45, 7) is 4.42. The van der Waals surface area contributed by atoms with Crippen LogP contribution in [0.4, 0.5) is 0 Å². The smallest absolute Gasteiger partial charge is 0.240 e. The Bertz CT molecular complexity index is 456. The van der Waals surface area contributed by atoms with E-state index in [9.17, 15) is 9.59 Å². The zero-order chi connectivity index (χ0) is 13.8. The van der Waals surface area contributed by atoms with Gasteiger partial charge in [0.05, 0.1) is 0 Å². The number of hydrogen-bond donors (Lipinski definition) is 1. The van der Waals surface area contributed by atoms with Crippen molar-refractivity contribution in [3.05, 3.63) is 24.0 Å². The number of ketones is 1. The van der Waals surface area contributed by atoms with Crippen molar-refractivity contribution in [1.29, 1.82) is 0 Å². The number of carbonyl (C=O) groups excluding carboxylic acids is 2. The van der Waals surface area contributed by atoms with Crippen molar-refractivity contribution in [3.8, 4) is 0 Å². The lowest BCUT2D eigenvalue weighted by atomic mass is 10.1. The van der Waals surface area contributed by atoms with Crippen LogP contribution in [0.2, 0.25) is 0 Å². The molecule has 0 atom stereocenters. The summed E-state index contributed by atoms with van der Waals surface area (Å²) in [6, 6.07) is 2.06. The molecule has 4 heteroatoms. The van der Waals surface area contributed by atoms with Crippen LogP contribution in [0.25, 0.3) is 0 Å².